The van der Waals surface area contributed by atoms with Crippen molar-refractivity contribution in [1.29, 1.82) is 0 Å². The minimum absolute atomic E-state index is 0.511. The van der Waals surface area contributed by atoms with E-state index < -0.39 is 5.41 Å². The van der Waals surface area contributed by atoms with Crippen LogP contribution in [0.4, 0.5) is 0 Å². The molecule has 0 fully saturated rings. The predicted molar refractivity (Wildman–Crippen MR) is 252 cm³/mol. The van der Waals surface area contributed by atoms with Crippen molar-refractivity contribution < 1.29 is 4.42 Å². The lowest BCUT2D eigenvalue weighted by molar-refractivity contribution is 0.666. The highest BCUT2D eigenvalue weighted by atomic mass is 16.3. The Kier molecular flexibility index (Phi) is 8.36. The van der Waals surface area contributed by atoms with Crippen LogP contribution in [0.15, 0.2) is 229 Å². The highest BCUT2D eigenvalue weighted by molar-refractivity contribution is 6.09. The Hall–Kier alpha value is -8.21. The van der Waals surface area contributed by atoms with Gasteiger partial charge in [0, 0.05) is 27.5 Å². The third kappa shape index (κ3) is 5.80. The zero-order valence-corrected chi connectivity index (χ0v) is 33.6. The normalized spacial score (nSPS) is 12.6. The van der Waals surface area contributed by atoms with Gasteiger partial charge in [-0.2, -0.15) is 0 Å². The van der Waals surface area contributed by atoms with E-state index in [-0.39, 0.29) is 0 Å². The average molecular weight is 792 g/mol. The predicted octanol–water partition coefficient (Wildman–Crippen LogP) is 14.5. The fourth-order valence-electron chi connectivity index (χ4n) is 9.50. The summed E-state index contributed by atoms with van der Waals surface area (Å²) in [5.74, 6) is 1.79. The van der Waals surface area contributed by atoms with Crippen molar-refractivity contribution in [2.75, 3.05) is 0 Å². The molecular weight excluding hydrogens is 755 g/mol. The van der Waals surface area contributed by atoms with Gasteiger partial charge in [-0.15, -0.1) is 0 Å². The van der Waals surface area contributed by atoms with Crippen LogP contribution in [0, 0.1) is 0 Å². The van der Waals surface area contributed by atoms with Gasteiger partial charge in [0.05, 0.1) is 5.41 Å². The van der Waals surface area contributed by atoms with Crippen molar-refractivity contribution in [3.8, 4) is 67.5 Å². The maximum absolute atomic E-state index is 6.87. The van der Waals surface area contributed by atoms with Crippen molar-refractivity contribution in [2.45, 2.75) is 5.41 Å². The number of fused-ring (bicyclic) bond motifs is 6. The van der Waals surface area contributed by atoms with Gasteiger partial charge in [0.15, 0.2) is 17.5 Å². The van der Waals surface area contributed by atoms with E-state index in [1.165, 1.54) is 33.4 Å². The van der Waals surface area contributed by atoms with Crippen LogP contribution in [0.5, 0.6) is 0 Å². The fraction of sp³-hybridized carbons (Fsp3) is 0.0172. The summed E-state index contributed by atoms with van der Waals surface area (Å²) in [5.41, 5.74) is 15.8. The molecule has 4 heteroatoms. The highest BCUT2D eigenvalue weighted by Gasteiger charge is 2.46. The number of benzene rings is 9. The van der Waals surface area contributed by atoms with Crippen LogP contribution in [0.3, 0.4) is 0 Å². The topological polar surface area (TPSA) is 51.8 Å². The largest absolute Gasteiger partial charge is 0.456 e. The van der Waals surface area contributed by atoms with Crippen LogP contribution < -0.4 is 0 Å². The summed E-state index contributed by atoms with van der Waals surface area (Å²) in [6.45, 7) is 0. The van der Waals surface area contributed by atoms with Crippen molar-refractivity contribution in [2.24, 2.45) is 0 Å². The molecule has 0 spiro atoms. The zero-order chi connectivity index (χ0) is 41.0. The van der Waals surface area contributed by atoms with Gasteiger partial charge in [-0.25, -0.2) is 15.0 Å². The number of hydrogen-bond donors (Lipinski definition) is 0. The molecule has 0 amide bonds. The van der Waals surface area contributed by atoms with Gasteiger partial charge in [-0.05, 0) is 79.9 Å². The number of hydrogen-bond acceptors (Lipinski definition) is 4. The molecule has 0 saturated carbocycles. The van der Waals surface area contributed by atoms with Crippen LogP contribution in [0.2, 0.25) is 0 Å². The molecule has 12 rings (SSSR count). The van der Waals surface area contributed by atoms with Gasteiger partial charge in [0.1, 0.15) is 11.2 Å². The Labute approximate surface area is 359 Å². The van der Waals surface area contributed by atoms with Crippen LogP contribution >= 0.6 is 0 Å². The van der Waals surface area contributed by atoms with Crippen LogP contribution in [0.25, 0.3) is 89.5 Å². The molecule has 2 heterocycles. The van der Waals surface area contributed by atoms with E-state index in [2.05, 4.69) is 212 Å². The second kappa shape index (κ2) is 14.5. The quantitative estimate of drug-likeness (QED) is 0.161. The second-order valence-corrected chi connectivity index (χ2v) is 15.9. The summed E-state index contributed by atoms with van der Waals surface area (Å²) < 4.78 is 6.87. The third-order valence-electron chi connectivity index (χ3n) is 12.4. The van der Waals surface area contributed by atoms with E-state index in [1.54, 1.807) is 0 Å². The van der Waals surface area contributed by atoms with E-state index in [0.717, 1.165) is 60.9 Å². The summed E-state index contributed by atoms with van der Waals surface area (Å²) >= 11 is 0. The van der Waals surface area contributed by atoms with Gasteiger partial charge in [0.25, 0.3) is 0 Å². The summed E-state index contributed by atoms with van der Waals surface area (Å²) in [7, 11) is 0. The van der Waals surface area contributed by atoms with Crippen LogP contribution in [-0.4, -0.2) is 15.0 Å². The lowest BCUT2D eigenvalue weighted by Gasteiger charge is -2.33. The molecule has 9 aromatic carbocycles. The van der Waals surface area contributed by atoms with Crippen molar-refractivity contribution in [3.63, 3.8) is 0 Å². The lowest BCUT2D eigenvalue weighted by Crippen LogP contribution is -2.28. The molecule has 0 aliphatic heterocycles. The Balaban J connectivity index is 1.00. The first-order chi connectivity index (χ1) is 30.7. The minimum atomic E-state index is -0.511. The van der Waals surface area contributed by atoms with Gasteiger partial charge in [0.2, 0.25) is 0 Å². The molecule has 4 nitrogen and oxygen atoms in total. The van der Waals surface area contributed by atoms with Crippen molar-refractivity contribution in [3.05, 3.63) is 247 Å². The highest BCUT2D eigenvalue weighted by Crippen LogP contribution is 2.57. The first kappa shape index (κ1) is 35.7. The molecule has 62 heavy (non-hydrogen) atoms. The number of furan rings is 1. The van der Waals surface area contributed by atoms with Crippen molar-refractivity contribution >= 4 is 21.9 Å². The van der Waals surface area contributed by atoms with Gasteiger partial charge in [-0.1, -0.05) is 200 Å². The Morgan fingerprint density at radius 2 is 0.710 bits per heavy atom. The molecule has 0 radical (unpaired) electrons. The maximum atomic E-state index is 6.87. The minimum Gasteiger partial charge on any atom is -0.456 e. The smallest absolute Gasteiger partial charge is 0.164 e. The molecule has 0 atom stereocenters. The number of rotatable bonds is 7. The molecular formula is C58H37N3O. The van der Waals surface area contributed by atoms with Gasteiger partial charge < -0.3 is 4.42 Å². The molecule has 2 aromatic heterocycles. The van der Waals surface area contributed by atoms with Crippen LogP contribution in [0.1, 0.15) is 22.3 Å². The monoisotopic (exact) mass is 791 g/mol. The lowest BCUT2D eigenvalue weighted by atomic mass is 9.67. The second-order valence-electron chi connectivity index (χ2n) is 15.9. The first-order valence-electron chi connectivity index (χ1n) is 21.0. The summed E-state index contributed by atoms with van der Waals surface area (Å²) in [6.07, 6.45) is 0. The molecule has 1 aliphatic rings. The zero-order valence-electron chi connectivity index (χ0n) is 33.6. The molecule has 0 saturated heterocycles. The standard InChI is InChI=1S/C58H37N3O/c1-5-15-38(16-6-1)40-25-29-42(30-26-40)55-59-56(43-31-27-41(28-32-43)39-17-7-2-8-18-39)61-57(60-55)44-33-34-48-50-36-49-47-23-13-14-24-51(47)58(45-19-9-3-10-20-45,46-21-11-4-12-22-46)52(49)37-54(50)62-53(48)35-44/h1-37H. The molecule has 0 unspecified atom stereocenters. The maximum Gasteiger partial charge on any atom is 0.164 e. The Morgan fingerprint density at radius 3 is 1.26 bits per heavy atom. The molecule has 290 valence electrons. The molecule has 1 aliphatic carbocycles. The van der Waals surface area contributed by atoms with E-state index in [4.69, 9.17) is 19.4 Å². The average Bonchev–Trinajstić information content (AvgIpc) is 3.86. The summed E-state index contributed by atoms with van der Waals surface area (Å²) in [4.78, 5) is 15.3. The van der Waals surface area contributed by atoms with E-state index in [0.29, 0.717) is 17.5 Å². The van der Waals surface area contributed by atoms with E-state index in [1.807, 2.05) is 12.1 Å². The first-order valence-corrected chi connectivity index (χ1v) is 21.0. The fourth-order valence-corrected chi connectivity index (χ4v) is 9.50. The van der Waals surface area contributed by atoms with Gasteiger partial charge >= 0.3 is 0 Å². The number of aromatic nitrogens is 3. The molecule has 11 aromatic rings. The molecule has 0 bridgehead atoms. The van der Waals surface area contributed by atoms with Crippen LogP contribution in [-0.2, 0) is 5.41 Å². The molecule has 0 N–H and O–H groups in total. The van der Waals surface area contributed by atoms with Crippen molar-refractivity contribution in [1.82, 2.24) is 15.0 Å². The van der Waals surface area contributed by atoms with E-state index >= 15 is 0 Å². The Bertz CT molecular complexity index is 3280. The van der Waals surface area contributed by atoms with Gasteiger partial charge in [-0.3, -0.25) is 0 Å². The van der Waals surface area contributed by atoms with E-state index in [9.17, 15) is 0 Å². The Morgan fingerprint density at radius 1 is 0.290 bits per heavy atom. The SMILES string of the molecule is c1ccc(-c2ccc(-c3nc(-c4ccc(-c5ccccc5)cc4)nc(-c4ccc5c(c4)oc4cc6c(cc45)-c4ccccc4C6(c4ccccc4)c4ccccc4)n3)cc2)cc1. The summed E-state index contributed by atoms with van der Waals surface area (Å²) in [5, 5.41) is 2.12. The number of nitrogens with zero attached hydrogens (tertiary/aromatic N) is 3. The summed E-state index contributed by atoms with van der Waals surface area (Å²) in [6, 6.07) is 79.2. The third-order valence-corrected chi connectivity index (χ3v) is 12.4.